The van der Waals surface area contributed by atoms with E-state index in [2.05, 4.69) is 20.4 Å². The van der Waals surface area contributed by atoms with Gasteiger partial charge >= 0.3 is 6.18 Å². The van der Waals surface area contributed by atoms with E-state index in [-0.39, 0.29) is 12.1 Å². The van der Waals surface area contributed by atoms with Gasteiger partial charge in [-0.1, -0.05) is 12.1 Å². The van der Waals surface area contributed by atoms with Crippen LogP contribution in [0.15, 0.2) is 30.5 Å². The Balaban J connectivity index is 1.81. The molecule has 0 fully saturated rings. The number of rotatable bonds is 3. The third-order valence-corrected chi connectivity index (χ3v) is 3.01. The number of H-pyrrole nitrogens is 1. The van der Waals surface area contributed by atoms with Gasteiger partial charge in [0.2, 0.25) is 5.95 Å². The van der Waals surface area contributed by atoms with Gasteiger partial charge in [0.05, 0.1) is 11.0 Å². The monoisotopic (exact) mass is 295 g/mol. The molecule has 2 N–H and O–H groups in total. The summed E-state index contributed by atoms with van der Waals surface area (Å²) in [5, 5.41) is 6.31. The summed E-state index contributed by atoms with van der Waals surface area (Å²) in [6, 6.07) is 7.37. The van der Waals surface area contributed by atoms with Crippen LogP contribution >= 0.6 is 0 Å². The largest absolute Gasteiger partial charge is 0.435 e. The molecule has 0 unspecified atom stereocenters. The summed E-state index contributed by atoms with van der Waals surface area (Å²) in [5.74, 6) is 0.424. The maximum absolute atomic E-state index is 12.8. The summed E-state index contributed by atoms with van der Waals surface area (Å²) in [6.45, 7) is -0.0114. The number of hydrogen-bond donors (Lipinski definition) is 2. The highest BCUT2D eigenvalue weighted by atomic mass is 19.4. The Morgan fingerprint density at radius 1 is 1.29 bits per heavy atom. The Labute approximate surface area is 117 Å². The van der Waals surface area contributed by atoms with Crippen LogP contribution in [0.3, 0.4) is 0 Å². The molecule has 0 saturated carbocycles. The zero-order valence-electron chi connectivity index (χ0n) is 11.1. The first-order chi connectivity index (χ1) is 9.93. The average Bonchev–Trinajstić information content (AvgIpc) is 2.98. The lowest BCUT2D eigenvalue weighted by molar-refractivity contribution is -0.142. The van der Waals surface area contributed by atoms with Crippen LogP contribution in [-0.4, -0.2) is 19.7 Å². The molecule has 0 amide bonds. The number of hydrogen-bond acceptors (Lipinski definition) is 3. The molecule has 1 aromatic carbocycles. The SMILES string of the molecule is Cn1cc(CNc2nc3ccccc3[nH]2)c(C(F)(F)F)n1. The van der Waals surface area contributed by atoms with Crippen molar-refractivity contribution in [1.82, 2.24) is 19.7 Å². The van der Waals surface area contributed by atoms with Gasteiger partial charge in [-0.15, -0.1) is 0 Å². The molecule has 5 nitrogen and oxygen atoms in total. The standard InChI is InChI=1S/C13H12F3N5/c1-21-7-8(11(20-21)13(14,15)16)6-17-12-18-9-4-2-3-5-10(9)19-12/h2-5,7H,6H2,1H3,(H2,17,18,19). The number of fused-ring (bicyclic) bond motifs is 1. The Bertz CT molecular complexity index is 739. The van der Waals surface area contributed by atoms with Crippen LogP contribution in [0.2, 0.25) is 0 Å². The molecule has 8 heteroatoms. The molecule has 3 rings (SSSR count). The van der Waals surface area contributed by atoms with E-state index in [4.69, 9.17) is 0 Å². The number of aromatic amines is 1. The van der Waals surface area contributed by atoms with Crippen molar-refractivity contribution in [2.45, 2.75) is 12.7 Å². The zero-order chi connectivity index (χ0) is 15.0. The molecule has 2 heterocycles. The molecule has 0 bridgehead atoms. The fraction of sp³-hybridized carbons (Fsp3) is 0.231. The van der Waals surface area contributed by atoms with Crippen molar-refractivity contribution in [1.29, 1.82) is 0 Å². The van der Waals surface area contributed by atoms with E-state index in [1.54, 1.807) is 0 Å². The minimum absolute atomic E-state index is 0.0114. The molecule has 0 atom stereocenters. The van der Waals surface area contributed by atoms with Gasteiger partial charge in [0.1, 0.15) is 0 Å². The van der Waals surface area contributed by atoms with E-state index in [0.717, 1.165) is 15.7 Å². The first-order valence-corrected chi connectivity index (χ1v) is 6.22. The van der Waals surface area contributed by atoms with E-state index in [1.807, 2.05) is 24.3 Å². The Kier molecular flexibility index (Phi) is 3.08. The predicted octanol–water partition coefficient (Wildman–Crippen LogP) is 2.93. The number of nitrogens with one attached hydrogen (secondary N) is 2. The molecular weight excluding hydrogens is 283 g/mol. The number of halogens is 3. The molecule has 0 aliphatic carbocycles. The van der Waals surface area contributed by atoms with Crippen LogP contribution in [0.1, 0.15) is 11.3 Å². The van der Waals surface area contributed by atoms with Gasteiger partial charge in [-0.3, -0.25) is 4.68 Å². The Morgan fingerprint density at radius 3 is 2.76 bits per heavy atom. The molecule has 110 valence electrons. The first-order valence-electron chi connectivity index (χ1n) is 6.22. The van der Waals surface area contributed by atoms with Crippen LogP contribution in [-0.2, 0) is 19.8 Å². The highest BCUT2D eigenvalue weighted by Gasteiger charge is 2.36. The first kappa shape index (κ1) is 13.5. The van der Waals surface area contributed by atoms with Gasteiger partial charge in [-0.25, -0.2) is 4.98 Å². The average molecular weight is 295 g/mol. The zero-order valence-corrected chi connectivity index (χ0v) is 11.1. The van der Waals surface area contributed by atoms with Gasteiger partial charge in [0, 0.05) is 25.4 Å². The quantitative estimate of drug-likeness (QED) is 0.781. The molecule has 0 radical (unpaired) electrons. The highest BCUT2D eigenvalue weighted by Crippen LogP contribution is 2.30. The van der Waals surface area contributed by atoms with Crippen LogP contribution in [0, 0.1) is 0 Å². The third kappa shape index (κ3) is 2.69. The van der Waals surface area contributed by atoms with Crippen LogP contribution in [0.25, 0.3) is 11.0 Å². The Hall–Kier alpha value is -2.51. The fourth-order valence-corrected chi connectivity index (χ4v) is 2.12. The lowest BCUT2D eigenvalue weighted by Crippen LogP contribution is -2.11. The maximum atomic E-state index is 12.8. The summed E-state index contributed by atoms with van der Waals surface area (Å²) in [7, 11) is 1.46. The molecule has 0 aliphatic heterocycles. The van der Waals surface area contributed by atoms with Gasteiger partial charge < -0.3 is 10.3 Å². The van der Waals surface area contributed by atoms with Crippen molar-refractivity contribution in [3.8, 4) is 0 Å². The molecule has 0 aliphatic rings. The number of benzene rings is 1. The molecule has 0 saturated heterocycles. The van der Waals surface area contributed by atoms with E-state index in [1.165, 1.54) is 13.2 Å². The summed E-state index contributed by atoms with van der Waals surface area (Å²) in [6.07, 6.45) is -3.12. The van der Waals surface area contributed by atoms with Crippen LogP contribution < -0.4 is 5.32 Å². The minimum Gasteiger partial charge on any atom is -0.352 e. The van der Waals surface area contributed by atoms with Gasteiger partial charge in [0.25, 0.3) is 0 Å². The summed E-state index contributed by atoms with van der Waals surface area (Å²) in [5.41, 5.74) is 0.767. The number of nitrogens with zero attached hydrogens (tertiary/aromatic N) is 3. The van der Waals surface area contributed by atoms with E-state index in [0.29, 0.717) is 5.95 Å². The van der Waals surface area contributed by atoms with Crippen molar-refractivity contribution in [3.63, 3.8) is 0 Å². The summed E-state index contributed by atoms with van der Waals surface area (Å²) >= 11 is 0. The Morgan fingerprint density at radius 2 is 2.05 bits per heavy atom. The van der Waals surface area contributed by atoms with Crippen LogP contribution in [0.5, 0.6) is 0 Å². The maximum Gasteiger partial charge on any atom is 0.435 e. The topological polar surface area (TPSA) is 58.5 Å². The van der Waals surface area contributed by atoms with Crippen molar-refractivity contribution in [2.24, 2.45) is 7.05 Å². The second-order valence-electron chi connectivity index (χ2n) is 4.63. The second-order valence-corrected chi connectivity index (χ2v) is 4.63. The molecule has 3 aromatic rings. The van der Waals surface area contributed by atoms with Crippen molar-refractivity contribution >= 4 is 17.0 Å². The smallest absolute Gasteiger partial charge is 0.352 e. The highest BCUT2D eigenvalue weighted by molar-refractivity contribution is 5.77. The van der Waals surface area contributed by atoms with Gasteiger partial charge in [0.15, 0.2) is 5.69 Å². The number of aromatic nitrogens is 4. The van der Waals surface area contributed by atoms with Gasteiger partial charge in [-0.2, -0.15) is 18.3 Å². The van der Waals surface area contributed by atoms with Gasteiger partial charge in [-0.05, 0) is 12.1 Å². The van der Waals surface area contributed by atoms with Crippen molar-refractivity contribution in [2.75, 3.05) is 5.32 Å². The van der Waals surface area contributed by atoms with E-state index < -0.39 is 11.9 Å². The van der Waals surface area contributed by atoms with Crippen molar-refractivity contribution < 1.29 is 13.2 Å². The van der Waals surface area contributed by atoms with E-state index in [9.17, 15) is 13.2 Å². The number of aryl methyl sites for hydroxylation is 1. The van der Waals surface area contributed by atoms with Crippen LogP contribution in [0.4, 0.5) is 19.1 Å². The summed E-state index contributed by atoms with van der Waals surface area (Å²) in [4.78, 5) is 7.25. The summed E-state index contributed by atoms with van der Waals surface area (Å²) < 4.78 is 39.6. The number of imidazole rings is 1. The lowest BCUT2D eigenvalue weighted by atomic mass is 10.2. The number of anilines is 1. The molecule has 0 spiro atoms. The normalized spacial score (nSPS) is 12.0. The molecule has 2 aromatic heterocycles. The predicted molar refractivity (Wildman–Crippen MR) is 71.6 cm³/mol. The minimum atomic E-state index is -4.47. The fourth-order valence-electron chi connectivity index (χ4n) is 2.12. The number of alkyl halides is 3. The number of para-hydroxylation sites is 2. The van der Waals surface area contributed by atoms with Crippen molar-refractivity contribution in [3.05, 3.63) is 41.7 Å². The molecule has 21 heavy (non-hydrogen) atoms. The third-order valence-electron chi connectivity index (χ3n) is 3.01. The van der Waals surface area contributed by atoms with E-state index >= 15 is 0 Å². The second kappa shape index (κ2) is 4.80. The lowest BCUT2D eigenvalue weighted by Gasteiger charge is -2.06. The molecular formula is C13H12F3N5.